The second-order valence-corrected chi connectivity index (χ2v) is 9.79. The van der Waals surface area contributed by atoms with E-state index in [0.717, 1.165) is 51.2 Å². The van der Waals surface area contributed by atoms with Gasteiger partial charge in [-0.3, -0.25) is 4.79 Å². The molecule has 8 nitrogen and oxygen atoms in total. The Bertz CT molecular complexity index is 849. The van der Waals surface area contributed by atoms with Crippen LogP contribution in [-0.2, 0) is 20.4 Å². The van der Waals surface area contributed by atoms with Gasteiger partial charge >= 0.3 is 6.18 Å². The molecule has 1 N–H and O–H groups in total. The van der Waals surface area contributed by atoms with E-state index in [1.807, 2.05) is 4.90 Å². The van der Waals surface area contributed by atoms with Crippen LogP contribution in [0.5, 0.6) is 0 Å². The minimum Gasteiger partial charge on any atom is -0.384 e. The highest BCUT2D eigenvalue weighted by molar-refractivity contribution is 5.83. The normalized spacial score (nSPS) is 30.6. The number of alkyl halides is 3. The van der Waals surface area contributed by atoms with Crippen molar-refractivity contribution in [2.45, 2.75) is 50.9 Å². The van der Waals surface area contributed by atoms with Crippen LogP contribution in [0.25, 0.3) is 0 Å². The number of nitrogens with zero attached hydrogens (tertiary/aromatic N) is 4. The van der Waals surface area contributed by atoms with E-state index in [4.69, 9.17) is 9.47 Å². The van der Waals surface area contributed by atoms with Gasteiger partial charge in [0.2, 0.25) is 11.9 Å². The maximum Gasteiger partial charge on any atom is 0.433 e. The van der Waals surface area contributed by atoms with E-state index in [9.17, 15) is 18.0 Å². The number of rotatable bonds is 6. The number of halogens is 3. The van der Waals surface area contributed by atoms with E-state index >= 15 is 0 Å². The highest BCUT2D eigenvalue weighted by Gasteiger charge is 2.48. The third kappa shape index (κ3) is 5.46. The molecule has 3 heterocycles. The zero-order chi connectivity index (χ0) is 24.3. The summed E-state index contributed by atoms with van der Waals surface area (Å²) in [6, 6.07) is 1.51. The van der Waals surface area contributed by atoms with Crippen molar-refractivity contribution in [2.75, 3.05) is 58.0 Å². The van der Waals surface area contributed by atoms with Crippen molar-refractivity contribution in [2.24, 2.45) is 11.3 Å². The molecule has 1 unspecified atom stereocenters. The van der Waals surface area contributed by atoms with E-state index in [1.165, 1.54) is 0 Å². The standard InChI is InChI=1S/C23H34F3N5O3/c1-16-14-34-12-5-18(16)28-17-3-6-22(13-17,15-33-2)20(32)30-8-10-31(11-9-30)21-27-7-4-19(29-21)23(24,25)26/h4,7,16-18,28H,3,5-6,8-15H2,1-2H3/t16-,17-,18-,22?/m1/s1. The number of piperazine rings is 1. The van der Waals surface area contributed by atoms with Gasteiger partial charge in [0, 0.05) is 58.2 Å². The van der Waals surface area contributed by atoms with Crippen molar-refractivity contribution in [3.05, 3.63) is 18.0 Å². The van der Waals surface area contributed by atoms with E-state index in [-0.39, 0.29) is 17.9 Å². The molecule has 1 aromatic heterocycles. The molecule has 1 aliphatic carbocycles. The molecule has 1 aromatic rings. The first-order chi connectivity index (χ1) is 16.2. The number of nitrogens with one attached hydrogen (secondary N) is 1. The number of hydrogen-bond acceptors (Lipinski definition) is 7. The van der Waals surface area contributed by atoms with Crippen LogP contribution in [0.1, 0.15) is 38.3 Å². The van der Waals surface area contributed by atoms with E-state index in [2.05, 4.69) is 22.2 Å². The number of ether oxygens (including phenoxy) is 2. The molecule has 0 spiro atoms. The summed E-state index contributed by atoms with van der Waals surface area (Å²) >= 11 is 0. The molecule has 0 radical (unpaired) electrons. The molecule has 4 rings (SSSR count). The molecule has 4 atom stereocenters. The van der Waals surface area contributed by atoms with E-state index < -0.39 is 17.3 Å². The molecular formula is C23H34F3N5O3. The Morgan fingerprint density at radius 2 is 2.06 bits per heavy atom. The fourth-order valence-corrected chi connectivity index (χ4v) is 5.47. The molecule has 190 valence electrons. The molecule has 1 saturated carbocycles. The van der Waals surface area contributed by atoms with Gasteiger partial charge in [-0.1, -0.05) is 6.92 Å². The van der Waals surface area contributed by atoms with Crippen LogP contribution in [0.3, 0.4) is 0 Å². The van der Waals surface area contributed by atoms with Crippen molar-refractivity contribution in [1.29, 1.82) is 0 Å². The number of anilines is 1. The average molecular weight is 486 g/mol. The van der Waals surface area contributed by atoms with Crippen molar-refractivity contribution in [3.8, 4) is 0 Å². The first-order valence-corrected chi connectivity index (χ1v) is 12.0. The van der Waals surface area contributed by atoms with Gasteiger partial charge in [-0.2, -0.15) is 13.2 Å². The van der Waals surface area contributed by atoms with Crippen molar-refractivity contribution in [3.63, 3.8) is 0 Å². The van der Waals surface area contributed by atoms with Crippen LogP contribution in [0.15, 0.2) is 12.3 Å². The Hall–Kier alpha value is -1.98. The summed E-state index contributed by atoms with van der Waals surface area (Å²) < 4.78 is 50.1. The summed E-state index contributed by atoms with van der Waals surface area (Å²) in [6.07, 6.45) is -0.0228. The van der Waals surface area contributed by atoms with Gasteiger partial charge in [0.05, 0.1) is 18.6 Å². The number of hydrogen-bond donors (Lipinski definition) is 1. The quantitative estimate of drug-likeness (QED) is 0.663. The van der Waals surface area contributed by atoms with Crippen LogP contribution in [-0.4, -0.2) is 86.0 Å². The molecule has 1 amide bonds. The SMILES string of the molecule is COCC1(C(=O)N2CCN(c3nccc(C(F)(F)F)n3)CC2)CC[C@@H](N[C@@H]2CCOC[C@H]2C)C1. The topological polar surface area (TPSA) is 79.8 Å². The first kappa shape index (κ1) is 25.1. The fraction of sp³-hybridized carbons (Fsp3) is 0.783. The van der Waals surface area contributed by atoms with Crippen molar-refractivity contribution in [1.82, 2.24) is 20.2 Å². The Labute approximate surface area is 198 Å². The van der Waals surface area contributed by atoms with E-state index in [0.29, 0.717) is 44.7 Å². The number of aromatic nitrogens is 2. The molecular weight excluding hydrogens is 451 g/mol. The molecule has 3 fully saturated rings. The van der Waals surface area contributed by atoms with Crippen molar-refractivity contribution >= 4 is 11.9 Å². The lowest BCUT2D eigenvalue weighted by Crippen LogP contribution is -2.54. The van der Waals surface area contributed by atoms with Gasteiger partial charge in [0.15, 0.2) is 0 Å². The fourth-order valence-electron chi connectivity index (χ4n) is 5.47. The minimum absolute atomic E-state index is 0.0456. The summed E-state index contributed by atoms with van der Waals surface area (Å²) in [6.45, 7) is 5.67. The van der Waals surface area contributed by atoms with Crippen LogP contribution in [0.2, 0.25) is 0 Å². The van der Waals surface area contributed by atoms with Gasteiger partial charge in [-0.25, -0.2) is 9.97 Å². The number of carbonyl (C=O) groups is 1. The zero-order valence-electron chi connectivity index (χ0n) is 19.8. The number of carbonyl (C=O) groups excluding carboxylic acids is 1. The van der Waals surface area contributed by atoms with Gasteiger partial charge in [0.1, 0.15) is 5.69 Å². The maximum absolute atomic E-state index is 13.6. The summed E-state index contributed by atoms with van der Waals surface area (Å²) in [4.78, 5) is 24.9. The largest absolute Gasteiger partial charge is 0.433 e. The monoisotopic (exact) mass is 485 g/mol. The van der Waals surface area contributed by atoms with Crippen molar-refractivity contribution < 1.29 is 27.4 Å². The van der Waals surface area contributed by atoms with E-state index in [1.54, 1.807) is 12.0 Å². The molecule has 34 heavy (non-hydrogen) atoms. The molecule has 0 bridgehead atoms. The zero-order valence-corrected chi connectivity index (χ0v) is 19.8. The maximum atomic E-state index is 13.6. The molecule has 0 aromatic carbocycles. The minimum atomic E-state index is -4.52. The van der Waals surface area contributed by atoms with Gasteiger partial charge in [-0.05, 0) is 37.7 Å². The Morgan fingerprint density at radius 1 is 1.29 bits per heavy atom. The Morgan fingerprint density at radius 3 is 2.74 bits per heavy atom. The summed E-state index contributed by atoms with van der Waals surface area (Å²) in [5.74, 6) is 0.556. The predicted molar refractivity (Wildman–Crippen MR) is 119 cm³/mol. The molecule has 11 heteroatoms. The third-order valence-electron chi connectivity index (χ3n) is 7.36. The van der Waals surface area contributed by atoms with Gasteiger partial charge < -0.3 is 24.6 Å². The number of amides is 1. The molecule has 2 saturated heterocycles. The predicted octanol–water partition coefficient (Wildman–Crippen LogP) is 2.34. The lowest BCUT2D eigenvalue weighted by atomic mass is 9.84. The lowest BCUT2D eigenvalue weighted by Gasteiger charge is -2.40. The van der Waals surface area contributed by atoms with Crippen LogP contribution >= 0.6 is 0 Å². The highest BCUT2D eigenvalue weighted by Crippen LogP contribution is 2.41. The van der Waals surface area contributed by atoms with Crippen LogP contribution in [0.4, 0.5) is 19.1 Å². The van der Waals surface area contributed by atoms with Crippen LogP contribution < -0.4 is 10.2 Å². The van der Waals surface area contributed by atoms with Gasteiger partial charge in [-0.15, -0.1) is 0 Å². The highest BCUT2D eigenvalue weighted by atomic mass is 19.4. The van der Waals surface area contributed by atoms with Gasteiger partial charge in [0.25, 0.3) is 0 Å². The second kappa shape index (κ2) is 10.3. The smallest absolute Gasteiger partial charge is 0.384 e. The average Bonchev–Trinajstić information content (AvgIpc) is 3.23. The summed E-state index contributed by atoms with van der Waals surface area (Å²) in [5, 5.41) is 3.76. The summed E-state index contributed by atoms with van der Waals surface area (Å²) in [5.41, 5.74) is -1.53. The summed E-state index contributed by atoms with van der Waals surface area (Å²) in [7, 11) is 1.62. The Kier molecular flexibility index (Phi) is 7.63. The molecule has 3 aliphatic rings. The first-order valence-electron chi connectivity index (χ1n) is 12.0. The number of methoxy groups -OCH3 is 1. The van der Waals surface area contributed by atoms with Crippen LogP contribution in [0, 0.1) is 11.3 Å². The lowest BCUT2D eigenvalue weighted by molar-refractivity contribution is -0.145. The second-order valence-electron chi connectivity index (χ2n) is 9.79. The third-order valence-corrected chi connectivity index (χ3v) is 7.36. The molecule has 2 aliphatic heterocycles. The Balaban J connectivity index is 1.37.